The molecule has 3 nitrogen and oxygen atoms in total. The minimum atomic E-state index is 0.320. The highest BCUT2D eigenvalue weighted by Gasteiger charge is 2.19. The van der Waals surface area contributed by atoms with Gasteiger partial charge in [0.25, 0.3) is 0 Å². The van der Waals surface area contributed by atoms with E-state index >= 15 is 0 Å². The molecule has 13 heavy (non-hydrogen) atoms. The van der Waals surface area contributed by atoms with E-state index < -0.39 is 0 Å². The van der Waals surface area contributed by atoms with E-state index in [1.165, 1.54) is 18.4 Å². The molecule has 0 bridgehead atoms. The molecule has 0 radical (unpaired) electrons. The number of hydrogen-bond acceptors (Lipinski definition) is 3. The SMILES string of the molecule is C=C(C)CC(CC1CCCO1)NN. The van der Waals surface area contributed by atoms with E-state index in [0.29, 0.717) is 12.1 Å². The molecule has 0 aromatic heterocycles. The summed E-state index contributed by atoms with van der Waals surface area (Å²) < 4.78 is 5.54. The van der Waals surface area contributed by atoms with Gasteiger partial charge in [0.2, 0.25) is 0 Å². The van der Waals surface area contributed by atoms with Crippen molar-refractivity contribution in [3.05, 3.63) is 12.2 Å². The highest BCUT2D eigenvalue weighted by Crippen LogP contribution is 2.18. The van der Waals surface area contributed by atoms with Crippen LogP contribution in [0.4, 0.5) is 0 Å². The molecule has 2 atom stereocenters. The summed E-state index contributed by atoms with van der Waals surface area (Å²) in [5.74, 6) is 5.45. The van der Waals surface area contributed by atoms with Crippen LogP contribution in [0.5, 0.6) is 0 Å². The summed E-state index contributed by atoms with van der Waals surface area (Å²) >= 11 is 0. The molecule has 1 rings (SSSR count). The Morgan fingerprint density at radius 3 is 3.00 bits per heavy atom. The minimum Gasteiger partial charge on any atom is -0.378 e. The van der Waals surface area contributed by atoms with Gasteiger partial charge < -0.3 is 4.74 Å². The third-order valence-electron chi connectivity index (χ3n) is 2.40. The van der Waals surface area contributed by atoms with Crippen LogP contribution in [0.2, 0.25) is 0 Å². The molecule has 1 aliphatic heterocycles. The molecule has 1 aliphatic rings. The van der Waals surface area contributed by atoms with Gasteiger partial charge in [-0.05, 0) is 32.6 Å². The first kappa shape index (κ1) is 10.7. The van der Waals surface area contributed by atoms with Gasteiger partial charge >= 0.3 is 0 Å². The molecular formula is C10H20N2O. The smallest absolute Gasteiger partial charge is 0.0591 e. The van der Waals surface area contributed by atoms with Gasteiger partial charge in [-0.2, -0.15) is 0 Å². The maximum absolute atomic E-state index is 5.54. The van der Waals surface area contributed by atoms with Crippen LogP contribution in [-0.2, 0) is 4.74 Å². The van der Waals surface area contributed by atoms with Crippen LogP contribution < -0.4 is 11.3 Å². The quantitative estimate of drug-likeness (QED) is 0.385. The number of hydrazine groups is 1. The average Bonchev–Trinajstić information content (AvgIpc) is 2.55. The van der Waals surface area contributed by atoms with Crippen molar-refractivity contribution in [3.8, 4) is 0 Å². The zero-order chi connectivity index (χ0) is 9.68. The molecule has 0 spiro atoms. The number of hydrogen-bond donors (Lipinski definition) is 2. The second kappa shape index (κ2) is 5.37. The fourth-order valence-electron chi connectivity index (χ4n) is 1.78. The first-order valence-corrected chi connectivity index (χ1v) is 4.94. The van der Waals surface area contributed by atoms with E-state index in [0.717, 1.165) is 19.4 Å². The first-order chi connectivity index (χ1) is 6.22. The zero-order valence-electron chi connectivity index (χ0n) is 8.38. The van der Waals surface area contributed by atoms with Crippen LogP contribution in [0.15, 0.2) is 12.2 Å². The molecule has 1 saturated heterocycles. The molecular weight excluding hydrogens is 164 g/mol. The Hall–Kier alpha value is -0.380. The molecule has 3 N–H and O–H groups in total. The van der Waals surface area contributed by atoms with Gasteiger partial charge in [-0.15, -0.1) is 6.58 Å². The van der Waals surface area contributed by atoms with Gasteiger partial charge in [0.05, 0.1) is 6.10 Å². The molecule has 1 fully saturated rings. The van der Waals surface area contributed by atoms with Gasteiger partial charge in [0.15, 0.2) is 0 Å². The predicted molar refractivity (Wildman–Crippen MR) is 54.1 cm³/mol. The molecule has 0 amide bonds. The Morgan fingerprint density at radius 2 is 2.54 bits per heavy atom. The lowest BCUT2D eigenvalue weighted by Gasteiger charge is -2.19. The van der Waals surface area contributed by atoms with E-state index in [1.807, 2.05) is 6.92 Å². The van der Waals surface area contributed by atoms with Crippen LogP contribution in [0, 0.1) is 0 Å². The fraction of sp³-hybridized carbons (Fsp3) is 0.800. The van der Waals surface area contributed by atoms with Gasteiger partial charge in [-0.3, -0.25) is 11.3 Å². The summed E-state index contributed by atoms with van der Waals surface area (Å²) in [6, 6.07) is 0.320. The monoisotopic (exact) mass is 184 g/mol. The highest BCUT2D eigenvalue weighted by molar-refractivity contribution is 4.93. The summed E-state index contributed by atoms with van der Waals surface area (Å²) in [6.45, 7) is 6.82. The van der Waals surface area contributed by atoms with Crippen molar-refractivity contribution in [1.29, 1.82) is 0 Å². The average molecular weight is 184 g/mol. The second-order valence-electron chi connectivity index (χ2n) is 3.90. The fourth-order valence-corrected chi connectivity index (χ4v) is 1.78. The van der Waals surface area contributed by atoms with Crippen molar-refractivity contribution in [2.24, 2.45) is 5.84 Å². The number of rotatable bonds is 5. The Bertz CT molecular complexity index is 164. The van der Waals surface area contributed by atoms with Crippen molar-refractivity contribution >= 4 is 0 Å². The molecule has 0 saturated carbocycles. The Kier molecular flexibility index (Phi) is 4.42. The minimum absolute atomic E-state index is 0.320. The molecule has 0 aromatic carbocycles. The first-order valence-electron chi connectivity index (χ1n) is 4.94. The second-order valence-corrected chi connectivity index (χ2v) is 3.90. The Morgan fingerprint density at radius 1 is 1.77 bits per heavy atom. The lowest BCUT2D eigenvalue weighted by Crippen LogP contribution is -2.37. The topological polar surface area (TPSA) is 47.3 Å². The molecule has 0 aromatic rings. The van der Waals surface area contributed by atoms with Crippen LogP contribution in [0.25, 0.3) is 0 Å². The molecule has 76 valence electrons. The maximum atomic E-state index is 5.54. The summed E-state index contributed by atoms with van der Waals surface area (Å²) in [7, 11) is 0. The standard InChI is InChI=1S/C10H20N2O/c1-8(2)6-9(12-11)7-10-4-3-5-13-10/h9-10,12H,1,3-7,11H2,2H3. The lowest BCUT2D eigenvalue weighted by molar-refractivity contribution is 0.0946. The third-order valence-corrected chi connectivity index (χ3v) is 2.40. The highest BCUT2D eigenvalue weighted by atomic mass is 16.5. The van der Waals surface area contributed by atoms with Crippen molar-refractivity contribution in [2.45, 2.75) is 44.8 Å². The van der Waals surface area contributed by atoms with Crippen molar-refractivity contribution in [2.75, 3.05) is 6.61 Å². The van der Waals surface area contributed by atoms with E-state index in [4.69, 9.17) is 10.6 Å². The summed E-state index contributed by atoms with van der Waals surface area (Å²) in [5.41, 5.74) is 3.99. The van der Waals surface area contributed by atoms with Crippen LogP contribution in [0.1, 0.15) is 32.6 Å². The summed E-state index contributed by atoms with van der Waals surface area (Å²) in [5, 5.41) is 0. The van der Waals surface area contributed by atoms with Crippen LogP contribution in [0.3, 0.4) is 0 Å². The van der Waals surface area contributed by atoms with E-state index in [1.54, 1.807) is 0 Å². The summed E-state index contributed by atoms with van der Waals surface area (Å²) in [4.78, 5) is 0. The third kappa shape index (κ3) is 3.89. The van der Waals surface area contributed by atoms with E-state index in [-0.39, 0.29) is 0 Å². The lowest BCUT2D eigenvalue weighted by atomic mass is 10.0. The Labute approximate surface area is 80.3 Å². The number of nitrogens with one attached hydrogen (secondary N) is 1. The number of ether oxygens (including phenoxy) is 1. The largest absolute Gasteiger partial charge is 0.378 e. The van der Waals surface area contributed by atoms with Crippen molar-refractivity contribution < 1.29 is 4.74 Å². The van der Waals surface area contributed by atoms with Gasteiger partial charge in [0, 0.05) is 12.6 Å². The molecule has 1 heterocycles. The van der Waals surface area contributed by atoms with Gasteiger partial charge in [-0.1, -0.05) is 5.57 Å². The zero-order valence-corrected chi connectivity index (χ0v) is 8.38. The van der Waals surface area contributed by atoms with E-state index in [2.05, 4.69) is 12.0 Å². The predicted octanol–water partition coefficient (Wildman–Crippen LogP) is 1.35. The van der Waals surface area contributed by atoms with Crippen LogP contribution >= 0.6 is 0 Å². The van der Waals surface area contributed by atoms with E-state index in [9.17, 15) is 0 Å². The Balaban J connectivity index is 2.25. The molecule has 3 heteroatoms. The van der Waals surface area contributed by atoms with Crippen molar-refractivity contribution in [3.63, 3.8) is 0 Å². The maximum Gasteiger partial charge on any atom is 0.0591 e. The van der Waals surface area contributed by atoms with Crippen LogP contribution in [-0.4, -0.2) is 18.8 Å². The molecule has 0 aliphatic carbocycles. The summed E-state index contributed by atoms with van der Waals surface area (Å²) in [6.07, 6.45) is 4.71. The van der Waals surface area contributed by atoms with Crippen molar-refractivity contribution in [1.82, 2.24) is 5.43 Å². The number of nitrogens with two attached hydrogens (primary N) is 1. The van der Waals surface area contributed by atoms with Gasteiger partial charge in [0.1, 0.15) is 0 Å². The van der Waals surface area contributed by atoms with Gasteiger partial charge in [-0.25, -0.2) is 0 Å². The molecule has 2 unspecified atom stereocenters. The normalized spacial score (nSPS) is 24.6.